The highest BCUT2D eigenvalue weighted by atomic mass is 31.2. The summed E-state index contributed by atoms with van der Waals surface area (Å²) in [4.78, 5) is 0. The van der Waals surface area contributed by atoms with Gasteiger partial charge >= 0.3 is 15.2 Å². The Bertz CT molecular complexity index is 385. The van der Waals surface area contributed by atoms with Crippen molar-refractivity contribution in [3.8, 4) is 0 Å². The zero-order valence-corrected chi connectivity index (χ0v) is 16.5. The van der Waals surface area contributed by atoms with Crippen molar-refractivity contribution in [2.75, 3.05) is 33.0 Å². The van der Waals surface area contributed by atoms with Gasteiger partial charge in [-0.25, -0.2) is 0 Å². The van der Waals surface area contributed by atoms with Gasteiger partial charge in [0.2, 0.25) is 5.02 Å². The van der Waals surface area contributed by atoms with Gasteiger partial charge in [0.15, 0.2) is 0 Å². The topological polar surface area (TPSA) is 83.1 Å². The molecule has 0 saturated carbocycles. The average Bonchev–Trinajstić information content (AvgIpc) is 2.75. The van der Waals surface area contributed by atoms with Crippen molar-refractivity contribution in [3.63, 3.8) is 0 Å². The van der Waals surface area contributed by atoms with Crippen molar-refractivity contribution in [3.05, 3.63) is 0 Å². The summed E-state index contributed by atoms with van der Waals surface area (Å²) in [5.41, 5.74) is 0. The van der Waals surface area contributed by atoms with E-state index in [1.54, 1.807) is 27.7 Å². The molecule has 1 aliphatic heterocycles. The van der Waals surface area contributed by atoms with Gasteiger partial charge in [-0.2, -0.15) is 0 Å². The molecule has 1 rings (SSSR count). The van der Waals surface area contributed by atoms with Crippen LogP contribution in [0.1, 0.15) is 53.4 Å². The van der Waals surface area contributed by atoms with Gasteiger partial charge in [0.05, 0.1) is 26.4 Å². The molecule has 1 heterocycles. The molecule has 1 fully saturated rings. The van der Waals surface area contributed by atoms with E-state index in [9.17, 15) is 9.13 Å². The van der Waals surface area contributed by atoms with Gasteiger partial charge in [-0.3, -0.25) is 14.4 Å². The zero-order chi connectivity index (χ0) is 17.4. The number of nitrogens with one attached hydrogen (secondary N) is 1. The van der Waals surface area contributed by atoms with Crippen LogP contribution in [0.2, 0.25) is 0 Å². The molecular weight excluding hydrogens is 340 g/mol. The summed E-state index contributed by atoms with van der Waals surface area (Å²) in [6.07, 6.45) is 2.96. The van der Waals surface area contributed by atoms with Gasteiger partial charge < -0.3 is 18.1 Å². The van der Waals surface area contributed by atoms with Crippen molar-refractivity contribution in [1.29, 1.82) is 0 Å². The molecule has 9 heteroatoms. The van der Waals surface area contributed by atoms with Crippen LogP contribution in [0.25, 0.3) is 0 Å². The Labute approximate surface area is 139 Å². The van der Waals surface area contributed by atoms with Gasteiger partial charge in [-0.1, -0.05) is 12.8 Å². The monoisotopic (exact) mass is 371 g/mol. The van der Waals surface area contributed by atoms with Gasteiger partial charge in [-0.05, 0) is 47.1 Å². The van der Waals surface area contributed by atoms with E-state index >= 15 is 0 Å². The predicted molar refractivity (Wildman–Crippen MR) is 90.9 cm³/mol. The lowest BCUT2D eigenvalue weighted by Gasteiger charge is -2.42. The zero-order valence-electron chi connectivity index (χ0n) is 14.7. The maximum Gasteiger partial charge on any atom is 0.362 e. The second-order valence-electron chi connectivity index (χ2n) is 5.22. The summed E-state index contributed by atoms with van der Waals surface area (Å²) in [7, 11) is -7.52. The van der Waals surface area contributed by atoms with Crippen molar-refractivity contribution < 1.29 is 27.2 Å². The second-order valence-corrected chi connectivity index (χ2v) is 10.1. The van der Waals surface area contributed by atoms with Crippen molar-refractivity contribution in [2.45, 2.75) is 58.4 Å². The van der Waals surface area contributed by atoms with Crippen LogP contribution >= 0.6 is 15.2 Å². The maximum atomic E-state index is 13.6. The number of hydrogen-bond donors (Lipinski definition) is 1. The fourth-order valence-corrected chi connectivity index (χ4v) is 8.58. The van der Waals surface area contributed by atoms with Crippen LogP contribution in [0, 0.1) is 0 Å². The SMILES string of the molecule is CCOP(=O)(OCC)C1(P(=O)(OCC)OCC)CCCCCN1. The largest absolute Gasteiger partial charge is 0.362 e. The van der Waals surface area contributed by atoms with Gasteiger partial charge in [0.1, 0.15) is 0 Å². The molecule has 7 nitrogen and oxygen atoms in total. The van der Waals surface area contributed by atoms with Gasteiger partial charge in [0, 0.05) is 0 Å². The average molecular weight is 371 g/mol. The highest BCUT2D eigenvalue weighted by Crippen LogP contribution is 2.78. The smallest absolute Gasteiger partial charge is 0.307 e. The Balaban J connectivity index is 3.45. The first kappa shape index (κ1) is 21.3. The summed E-state index contributed by atoms with van der Waals surface area (Å²) >= 11 is 0. The molecule has 1 aliphatic rings. The van der Waals surface area contributed by atoms with E-state index < -0.39 is 20.2 Å². The standard InChI is InChI=1S/C14H31NO6P2/c1-5-18-22(16,19-6-2)14(12-10-9-11-13-15-14)23(17,20-7-3)21-8-4/h15H,5-13H2,1-4H3. The van der Waals surface area contributed by atoms with Crippen molar-refractivity contribution in [2.24, 2.45) is 0 Å². The first-order chi connectivity index (χ1) is 10.9. The quantitative estimate of drug-likeness (QED) is 0.572. The van der Waals surface area contributed by atoms with Crippen LogP contribution in [0.15, 0.2) is 0 Å². The van der Waals surface area contributed by atoms with E-state index in [1.165, 1.54) is 0 Å². The summed E-state index contributed by atoms with van der Waals surface area (Å²) in [6, 6.07) is 0. The molecule has 1 saturated heterocycles. The van der Waals surface area contributed by atoms with E-state index in [0.717, 1.165) is 19.3 Å². The molecule has 0 aliphatic carbocycles. The minimum atomic E-state index is -3.76. The number of hydrogen-bond acceptors (Lipinski definition) is 7. The van der Waals surface area contributed by atoms with Crippen LogP contribution in [-0.4, -0.2) is 38.0 Å². The number of rotatable bonds is 10. The highest BCUT2D eigenvalue weighted by molar-refractivity contribution is 7.74. The Morgan fingerprint density at radius 2 is 1.22 bits per heavy atom. The molecule has 0 atom stereocenters. The summed E-state index contributed by atoms with van der Waals surface area (Å²) in [6.45, 7) is 8.29. The molecule has 0 aromatic carbocycles. The molecule has 0 unspecified atom stereocenters. The third-order valence-electron chi connectivity index (χ3n) is 3.71. The lowest BCUT2D eigenvalue weighted by atomic mass is 10.2. The Morgan fingerprint density at radius 1 is 0.783 bits per heavy atom. The Morgan fingerprint density at radius 3 is 1.61 bits per heavy atom. The predicted octanol–water partition coefficient (Wildman–Crippen LogP) is 4.34. The van der Waals surface area contributed by atoms with Gasteiger partial charge in [0.25, 0.3) is 0 Å². The molecule has 0 spiro atoms. The molecule has 0 aromatic heterocycles. The summed E-state index contributed by atoms with van der Waals surface area (Å²) in [5.74, 6) is 0. The van der Waals surface area contributed by atoms with Crippen LogP contribution in [0.4, 0.5) is 0 Å². The Hall–Kier alpha value is 0.260. The van der Waals surface area contributed by atoms with Crippen LogP contribution in [0.5, 0.6) is 0 Å². The molecule has 0 amide bonds. The first-order valence-electron chi connectivity index (χ1n) is 8.48. The minimum Gasteiger partial charge on any atom is -0.307 e. The van der Waals surface area contributed by atoms with E-state index in [0.29, 0.717) is 13.0 Å². The summed E-state index contributed by atoms with van der Waals surface area (Å²) in [5, 5.41) is 1.74. The molecular formula is C14H31NO6P2. The first-order valence-corrected chi connectivity index (χ1v) is 11.6. The molecule has 1 N–H and O–H groups in total. The van der Waals surface area contributed by atoms with E-state index in [4.69, 9.17) is 18.1 Å². The van der Waals surface area contributed by atoms with Crippen LogP contribution in [-0.2, 0) is 27.2 Å². The lowest BCUT2D eigenvalue weighted by molar-refractivity contribution is 0.166. The van der Waals surface area contributed by atoms with Crippen LogP contribution < -0.4 is 5.32 Å². The molecule has 0 radical (unpaired) electrons. The minimum absolute atomic E-state index is 0.193. The third kappa shape index (κ3) is 4.46. The van der Waals surface area contributed by atoms with Gasteiger partial charge in [-0.15, -0.1) is 0 Å². The van der Waals surface area contributed by atoms with E-state index in [2.05, 4.69) is 5.32 Å². The molecule has 0 aromatic rings. The highest BCUT2D eigenvalue weighted by Gasteiger charge is 2.65. The van der Waals surface area contributed by atoms with E-state index in [1.807, 2.05) is 0 Å². The molecule has 138 valence electrons. The molecule has 23 heavy (non-hydrogen) atoms. The van der Waals surface area contributed by atoms with Crippen molar-refractivity contribution >= 4 is 15.2 Å². The molecule has 0 bridgehead atoms. The normalized spacial score (nSPS) is 19.5. The Kier molecular flexibility index (Phi) is 8.95. The summed E-state index contributed by atoms with van der Waals surface area (Å²) < 4.78 is 49.4. The van der Waals surface area contributed by atoms with E-state index in [-0.39, 0.29) is 26.4 Å². The lowest BCUT2D eigenvalue weighted by Crippen LogP contribution is -2.46. The fraction of sp³-hybridized carbons (Fsp3) is 1.00. The van der Waals surface area contributed by atoms with Crippen LogP contribution in [0.3, 0.4) is 0 Å². The van der Waals surface area contributed by atoms with Crippen molar-refractivity contribution in [1.82, 2.24) is 5.32 Å². The third-order valence-corrected chi connectivity index (χ3v) is 10.2. The second kappa shape index (κ2) is 9.67. The maximum absolute atomic E-state index is 13.6. The fourth-order valence-electron chi connectivity index (χ4n) is 2.85.